The molecule has 1 aromatic rings. The highest BCUT2D eigenvalue weighted by Gasteiger charge is 2.24. The first-order valence-corrected chi connectivity index (χ1v) is 8.82. The Labute approximate surface area is 144 Å². The number of anilines is 1. The number of amides is 1. The molecular weight excluding hydrogens is 362 g/mol. The van der Waals surface area contributed by atoms with E-state index in [0.717, 1.165) is 57.8 Å². The number of carbonyl (C=O) groups is 1. The van der Waals surface area contributed by atoms with Crippen molar-refractivity contribution in [3.05, 3.63) is 21.0 Å². The number of halogens is 1. The monoisotopic (exact) mass is 383 g/mol. The molecule has 3 heterocycles. The molecule has 1 aromatic heterocycles. The molecule has 0 atom stereocenters. The third-order valence-electron chi connectivity index (χ3n) is 4.59. The molecule has 8 heteroatoms. The number of piperazine rings is 1. The molecule has 0 N–H and O–H groups in total. The molecule has 0 saturated carbocycles. The van der Waals surface area contributed by atoms with Crippen molar-refractivity contribution in [1.29, 1.82) is 0 Å². The number of aryl methyl sites for hydroxylation is 1. The van der Waals surface area contributed by atoms with Gasteiger partial charge in [0.15, 0.2) is 0 Å². The molecule has 0 aliphatic carbocycles. The second-order valence-electron chi connectivity index (χ2n) is 6.12. The van der Waals surface area contributed by atoms with Gasteiger partial charge < -0.3 is 9.80 Å². The summed E-state index contributed by atoms with van der Waals surface area (Å²) in [7, 11) is 1.64. The molecule has 2 aliphatic heterocycles. The summed E-state index contributed by atoms with van der Waals surface area (Å²) < 4.78 is 1.87. The Morgan fingerprint density at radius 3 is 2.48 bits per heavy atom. The van der Waals surface area contributed by atoms with Gasteiger partial charge in [-0.25, -0.2) is 4.68 Å². The van der Waals surface area contributed by atoms with Crippen LogP contribution in [0.1, 0.15) is 12.8 Å². The van der Waals surface area contributed by atoms with Crippen LogP contribution < -0.4 is 10.5 Å². The van der Waals surface area contributed by atoms with Crippen molar-refractivity contribution in [3.8, 4) is 0 Å². The number of nitrogens with zero attached hydrogens (tertiary/aromatic N) is 5. The maximum Gasteiger partial charge on any atom is 0.282 e. The lowest BCUT2D eigenvalue weighted by Crippen LogP contribution is -2.50. The number of hydrogen-bond acceptors (Lipinski definition) is 5. The third kappa shape index (κ3) is 3.58. The molecule has 0 unspecified atom stereocenters. The molecule has 1 amide bonds. The Hall–Kier alpha value is -1.41. The topological polar surface area (TPSA) is 61.7 Å². The lowest BCUT2D eigenvalue weighted by atomic mass is 10.2. The van der Waals surface area contributed by atoms with Crippen LogP contribution in [0.25, 0.3) is 0 Å². The van der Waals surface area contributed by atoms with Crippen LogP contribution in [0.4, 0.5) is 5.69 Å². The highest BCUT2D eigenvalue weighted by atomic mass is 79.9. The Balaban J connectivity index is 1.57. The zero-order valence-electron chi connectivity index (χ0n) is 13.4. The van der Waals surface area contributed by atoms with Gasteiger partial charge in [0.2, 0.25) is 5.91 Å². The molecule has 0 bridgehead atoms. The van der Waals surface area contributed by atoms with Gasteiger partial charge in [0, 0.05) is 46.3 Å². The minimum absolute atomic E-state index is 0.130. The van der Waals surface area contributed by atoms with Crippen LogP contribution in [0.15, 0.2) is 15.5 Å². The van der Waals surface area contributed by atoms with Crippen molar-refractivity contribution in [3.63, 3.8) is 0 Å². The molecular formula is C15H22BrN5O2. The normalized spacial score (nSPS) is 19.4. The maximum atomic E-state index is 12.2. The number of carbonyl (C=O) groups excluding carboxylic acids is 1. The van der Waals surface area contributed by atoms with Gasteiger partial charge in [0.1, 0.15) is 4.47 Å². The first kappa shape index (κ1) is 16.4. The molecule has 126 valence electrons. The fourth-order valence-electron chi connectivity index (χ4n) is 3.13. The zero-order valence-corrected chi connectivity index (χ0v) is 15.0. The van der Waals surface area contributed by atoms with E-state index in [9.17, 15) is 9.59 Å². The molecule has 2 saturated heterocycles. The standard InChI is InChI=1S/C15H22BrN5O2/c1-18-15(23)14(16)12(10-17-18)20-8-6-19(7-9-20)11-13(22)21-4-2-3-5-21/h10H,2-9,11H2,1H3. The number of hydrogen-bond donors (Lipinski definition) is 0. The molecule has 7 nitrogen and oxygen atoms in total. The Kier molecular flexibility index (Phi) is 5.01. The van der Waals surface area contributed by atoms with Gasteiger partial charge >= 0.3 is 0 Å². The summed E-state index contributed by atoms with van der Waals surface area (Å²) in [6, 6.07) is 0. The summed E-state index contributed by atoms with van der Waals surface area (Å²) >= 11 is 3.38. The van der Waals surface area contributed by atoms with E-state index in [4.69, 9.17) is 0 Å². The van der Waals surface area contributed by atoms with Crippen molar-refractivity contribution in [2.24, 2.45) is 7.05 Å². The van der Waals surface area contributed by atoms with Crippen molar-refractivity contribution in [2.45, 2.75) is 12.8 Å². The van der Waals surface area contributed by atoms with Gasteiger partial charge in [-0.05, 0) is 28.8 Å². The van der Waals surface area contributed by atoms with E-state index in [-0.39, 0.29) is 11.5 Å². The van der Waals surface area contributed by atoms with Crippen LogP contribution in [0.3, 0.4) is 0 Å². The Morgan fingerprint density at radius 1 is 1.17 bits per heavy atom. The van der Waals surface area contributed by atoms with Crippen LogP contribution in [0.5, 0.6) is 0 Å². The van der Waals surface area contributed by atoms with E-state index in [0.29, 0.717) is 11.0 Å². The van der Waals surface area contributed by atoms with Crippen LogP contribution >= 0.6 is 15.9 Å². The number of aromatic nitrogens is 2. The molecule has 3 rings (SSSR count). The molecule has 0 aromatic carbocycles. The summed E-state index contributed by atoms with van der Waals surface area (Å²) in [6.45, 7) is 5.54. The first-order chi connectivity index (χ1) is 11.1. The smallest absolute Gasteiger partial charge is 0.282 e. The highest BCUT2D eigenvalue weighted by Crippen LogP contribution is 2.22. The van der Waals surface area contributed by atoms with Gasteiger partial charge in [-0.3, -0.25) is 14.5 Å². The summed E-state index contributed by atoms with van der Waals surface area (Å²) in [4.78, 5) is 30.5. The minimum Gasteiger partial charge on any atom is -0.367 e. The zero-order chi connectivity index (χ0) is 16.4. The van der Waals surface area contributed by atoms with Crippen molar-refractivity contribution < 1.29 is 4.79 Å². The molecule has 2 fully saturated rings. The summed E-state index contributed by atoms with van der Waals surface area (Å²) in [5.41, 5.74) is 0.702. The van der Waals surface area contributed by atoms with Crippen LogP contribution in [-0.2, 0) is 11.8 Å². The van der Waals surface area contributed by atoms with E-state index >= 15 is 0 Å². The van der Waals surface area contributed by atoms with Crippen molar-refractivity contribution >= 4 is 27.5 Å². The SMILES string of the molecule is Cn1ncc(N2CCN(CC(=O)N3CCCC3)CC2)c(Br)c1=O. The average Bonchev–Trinajstić information content (AvgIpc) is 3.08. The average molecular weight is 384 g/mol. The predicted molar refractivity (Wildman–Crippen MR) is 91.6 cm³/mol. The predicted octanol–water partition coefficient (Wildman–Crippen LogP) is 0.287. The lowest BCUT2D eigenvalue weighted by Gasteiger charge is -2.36. The van der Waals surface area contributed by atoms with E-state index in [1.165, 1.54) is 4.68 Å². The van der Waals surface area contributed by atoms with E-state index in [2.05, 4.69) is 30.8 Å². The summed E-state index contributed by atoms with van der Waals surface area (Å²) in [5.74, 6) is 0.243. The molecule has 0 spiro atoms. The summed E-state index contributed by atoms with van der Waals surface area (Å²) in [5, 5.41) is 4.09. The van der Waals surface area contributed by atoms with Crippen molar-refractivity contribution in [2.75, 3.05) is 50.7 Å². The van der Waals surface area contributed by atoms with Crippen LogP contribution in [0, 0.1) is 0 Å². The van der Waals surface area contributed by atoms with E-state index in [1.807, 2.05) is 4.90 Å². The van der Waals surface area contributed by atoms with Crippen LogP contribution in [-0.4, -0.2) is 71.3 Å². The van der Waals surface area contributed by atoms with Gasteiger partial charge in [0.25, 0.3) is 5.56 Å². The number of rotatable bonds is 3. The highest BCUT2D eigenvalue weighted by molar-refractivity contribution is 9.10. The first-order valence-electron chi connectivity index (χ1n) is 8.03. The van der Waals surface area contributed by atoms with Gasteiger partial charge in [0.05, 0.1) is 18.4 Å². The summed E-state index contributed by atoms with van der Waals surface area (Å²) in [6.07, 6.45) is 3.98. The van der Waals surface area contributed by atoms with Crippen molar-refractivity contribution in [1.82, 2.24) is 19.6 Å². The minimum atomic E-state index is -0.130. The Bertz CT molecular complexity index is 633. The van der Waals surface area contributed by atoms with Gasteiger partial charge in [-0.2, -0.15) is 5.10 Å². The van der Waals surface area contributed by atoms with Gasteiger partial charge in [-0.1, -0.05) is 0 Å². The Morgan fingerprint density at radius 2 is 1.83 bits per heavy atom. The molecule has 2 aliphatic rings. The van der Waals surface area contributed by atoms with E-state index < -0.39 is 0 Å². The lowest BCUT2D eigenvalue weighted by molar-refractivity contribution is -0.131. The fourth-order valence-corrected chi connectivity index (χ4v) is 3.74. The molecule has 23 heavy (non-hydrogen) atoms. The second kappa shape index (κ2) is 7.00. The van der Waals surface area contributed by atoms with Crippen LogP contribution in [0.2, 0.25) is 0 Å². The van der Waals surface area contributed by atoms with Gasteiger partial charge in [-0.15, -0.1) is 0 Å². The second-order valence-corrected chi connectivity index (χ2v) is 6.92. The largest absolute Gasteiger partial charge is 0.367 e. The third-order valence-corrected chi connectivity index (χ3v) is 5.34. The quantitative estimate of drug-likeness (QED) is 0.750. The van der Waals surface area contributed by atoms with E-state index in [1.54, 1.807) is 13.2 Å². The fraction of sp³-hybridized carbons (Fsp3) is 0.667. The number of likely N-dealkylation sites (tertiary alicyclic amines) is 1. The molecule has 0 radical (unpaired) electrons. The maximum absolute atomic E-state index is 12.2.